The van der Waals surface area contributed by atoms with Gasteiger partial charge in [-0.1, -0.05) is 23.2 Å². The lowest BCUT2D eigenvalue weighted by Crippen LogP contribution is -2.12. The van der Waals surface area contributed by atoms with Crippen molar-refractivity contribution in [2.75, 3.05) is 5.32 Å². The van der Waals surface area contributed by atoms with Crippen LogP contribution in [0.15, 0.2) is 45.3 Å². The second-order valence-electron chi connectivity index (χ2n) is 3.71. The van der Waals surface area contributed by atoms with Crippen LogP contribution in [-0.4, -0.2) is 5.91 Å². The van der Waals surface area contributed by atoms with Crippen LogP contribution in [0.5, 0.6) is 0 Å². The standard InChI is InChI=1S/C13H7Br2Cl2NO/c14-10-3-1-7(16)5-9(10)13(19)18-8-2-4-12(17)11(15)6-8/h1-6H,(H,18,19). The molecule has 2 rings (SSSR count). The van der Waals surface area contributed by atoms with Gasteiger partial charge in [-0.15, -0.1) is 0 Å². The Morgan fingerprint density at radius 3 is 2.42 bits per heavy atom. The molecule has 0 bridgehead atoms. The average Bonchev–Trinajstić information content (AvgIpc) is 2.36. The van der Waals surface area contributed by atoms with E-state index in [9.17, 15) is 4.79 Å². The third-order valence-electron chi connectivity index (χ3n) is 2.35. The summed E-state index contributed by atoms with van der Waals surface area (Å²) < 4.78 is 1.40. The molecule has 0 saturated carbocycles. The van der Waals surface area contributed by atoms with Gasteiger partial charge in [0.2, 0.25) is 0 Å². The molecule has 0 radical (unpaired) electrons. The van der Waals surface area contributed by atoms with E-state index in [0.717, 1.165) is 4.47 Å². The average molecular weight is 424 g/mol. The molecule has 2 nitrogen and oxygen atoms in total. The minimum Gasteiger partial charge on any atom is -0.322 e. The molecule has 1 N–H and O–H groups in total. The van der Waals surface area contributed by atoms with Crippen LogP contribution < -0.4 is 5.32 Å². The van der Waals surface area contributed by atoms with Crippen LogP contribution in [0.1, 0.15) is 10.4 Å². The molecule has 98 valence electrons. The van der Waals surface area contributed by atoms with Gasteiger partial charge in [0, 0.05) is 19.7 Å². The molecule has 19 heavy (non-hydrogen) atoms. The summed E-state index contributed by atoms with van der Waals surface area (Å²) in [5.74, 6) is -0.247. The van der Waals surface area contributed by atoms with Gasteiger partial charge in [0.1, 0.15) is 0 Å². The fourth-order valence-corrected chi connectivity index (χ4v) is 2.54. The van der Waals surface area contributed by atoms with Crippen molar-refractivity contribution in [1.29, 1.82) is 0 Å². The number of anilines is 1. The summed E-state index contributed by atoms with van der Waals surface area (Å²) in [7, 11) is 0. The van der Waals surface area contributed by atoms with Crippen molar-refractivity contribution in [1.82, 2.24) is 0 Å². The molecule has 6 heteroatoms. The van der Waals surface area contributed by atoms with Gasteiger partial charge in [-0.25, -0.2) is 0 Å². The van der Waals surface area contributed by atoms with E-state index in [1.807, 2.05) is 0 Å². The third-order valence-corrected chi connectivity index (χ3v) is 4.49. The Morgan fingerprint density at radius 1 is 1.00 bits per heavy atom. The van der Waals surface area contributed by atoms with Gasteiger partial charge in [-0.2, -0.15) is 0 Å². The summed E-state index contributed by atoms with van der Waals surface area (Å²) in [5.41, 5.74) is 1.12. The molecule has 0 unspecified atom stereocenters. The normalized spacial score (nSPS) is 10.3. The van der Waals surface area contributed by atoms with E-state index in [4.69, 9.17) is 23.2 Å². The van der Waals surface area contributed by atoms with Crippen LogP contribution in [0.25, 0.3) is 0 Å². The van der Waals surface area contributed by atoms with Gasteiger partial charge in [-0.3, -0.25) is 4.79 Å². The second kappa shape index (κ2) is 6.27. The highest BCUT2D eigenvalue weighted by Crippen LogP contribution is 2.27. The predicted octanol–water partition coefficient (Wildman–Crippen LogP) is 5.77. The fraction of sp³-hybridized carbons (Fsp3) is 0. The lowest BCUT2D eigenvalue weighted by atomic mass is 10.2. The summed E-state index contributed by atoms with van der Waals surface area (Å²) in [4.78, 5) is 12.1. The van der Waals surface area contributed by atoms with E-state index in [2.05, 4.69) is 37.2 Å². The monoisotopic (exact) mass is 421 g/mol. The molecule has 0 atom stereocenters. The Balaban J connectivity index is 2.25. The largest absolute Gasteiger partial charge is 0.322 e. The number of halogens is 4. The number of carbonyl (C=O) groups is 1. The smallest absolute Gasteiger partial charge is 0.256 e. The van der Waals surface area contributed by atoms with E-state index < -0.39 is 0 Å². The number of carbonyl (C=O) groups excluding carboxylic acids is 1. The van der Waals surface area contributed by atoms with Gasteiger partial charge in [0.25, 0.3) is 5.91 Å². The van der Waals surface area contributed by atoms with Gasteiger partial charge < -0.3 is 5.32 Å². The molecular weight excluding hydrogens is 417 g/mol. The minimum absolute atomic E-state index is 0.247. The zero-order chi connectivity index (χ0) is 14.0. The van der Waals surface area contributed by atoms with E-state index in [-0.39, 0.29) is 5.91 Å². The number of hydrogen-bond acceptors (Lipinski definition) is 1. The van der Waals surface area contributed by atoms with Crippen LogP contribution in [-0.2, 0) is 0 Å². The predicted molar refractivity (Wildman–Crippen MR) is 86.3 cm³/mol. The topological polar surface area (TPSA) is 29.1 Å². The van der Waals surface area contributed by atoms with Gasteiger partial charge >= 0.3 is 0 Å². The molecule has 0 aliphatic rings. The number of benzene rings is 2. The van der Waals surface area contributed by atoms with E-state index in [0.29, 0.717) is 25.8 Å². The maximum absolute atomic E-state index is 12.1. The maximum atomic E-state index is 12.1. The van der Waals surface area contributed by atoms with Crippen LogP contribution in [0.2, 0.25) is 10.0 Å². The first-order chi connectivity index (χ1) is 8.97. The number of rotatable bonds is 2. The van der Waals surface area contributed by atoms with Gasteiger partial charge in [-0.05, 0) is 68.3 Å². The van der Waals surface area contributed by atoms with Gasteiger partial charge in [0.15, 0.2) is 0 Å². The molecule has 0 aromatic heterocycles. The molecule has 0 spiro atoms. The van der Waals surface area contributed by atoms with Crippen LogP contribution in [0.4, 0.5) is 5.69 Å². The molecule has 2 aromatic carbocycles. The number of hydrogen-bond donors (Lipinski definition) is 1. The summed E-state index contributed by atoms with van der Waals surface area (Å²) in [6, 6.07) is 10.2. The third kappa shape index (κ3) is 3.72. The maximum Gasteiger partial charge on any atom is 0.256 e. The Kier molecular flexibility index (Phi) is 4.90. The first-order valence-corrected chi connectivity index (χ1v) is 7.53. The van der Waals surface area contributed by atoms with Crippen molar-refractivity contribution >= 4 is 66.7 Å². The quantitative estimate of drug-likeness (QED) is 0.652. The number of amides is 1. The Labute approximate surface area is 137 Å². The summed E-state index contributed by atoms with van der Waals surface area (Å²) >= 11 is 18.4. The van der Waals surface area contributed by atoms with Crippen molar-refractivity contribution in [2.45, 2.75) is 0 Å². The van der Waals surface area contributed by atoms with E-state index >= 15 is 0 Å². The Bertz CT molecular complexity index is 647. The lowest BCUT2D eigenvalue weighted by molar-refractivity contribution is 0.102. The lowest BCUT2D eigenvalue weighted by Gasteiger charge is -2.08. The van der Waals surface area contributed by atoms with E-state index in [1.54, 1.807) is 36.4 Å². The molecule has 0 aliphatic heterocycles. The summed E-state index contributed by atoms with van der Waals surface area (Å²) in [6.07, 6.45) is 0. The fourth-order valence-electron chi connectivity index (χ4n) is 1.44. The molecule has 0 saturated heterocycles. The van der Waals surface area contributed by atoms with Crippen LogP contribution >= 0.6 is 55.1 Å². The van der Waals surface area contributed by atoms with Crippen molar-refractivity contribution in [3.8, 4) is 0 Å². The highest BCUT2D eigenvalue weighted by molar-refractivity contribution is 9.10. The molecule has 0 fully saturated rings. The molecule has 1 amide bonds. The van der Waals surface area contributed by atoms with Crippen molar-refractivity contribution in [3.05, 3.63) is 61.0 Å². The first-order valence-electron chi connectivity index (χ1n) is 5.19. The van der Waals surface area contributed by atoms with Crippen molar-refractivity contribution in [2.24, 2.45) is 0 Å². The molecule has 2 aromatic rings. The molecule has 0 heterocycles. The second-order valence-corrected chi connectivity index (χ2v) is 6.26. The first kappa shape index (κ1) is 14.9. The molecule has 0 aliphatic carbocycles. The van der Waals surface area contributed by atoms with Crippen molar-refractivity contribution in [3.63, 3.8) is 0 Å². The molecular formula is C13H7Br2Cl2NO. The van der Waals surface area contributed by atoms with Crippen LogP contribution in [0, 0.1) is 0 Å². The van der Waals surface area contributed by atoms with Crippen molar-refractivity contribution < 1.29 is 4.79 Å². The number of nitrogens with one attached hydrogen (secondary N) is 1. The summed E-state index contributed by atoms with van der Waals surface area (Å²) in [5, 5.41) is 3.87. The zero-order valence-electron chi connectivity index (χ0n) is 9.38. The highest BCUT2D eigenvalue weighted by atomic mass is 79.9. The summed E-state index contributed by atoms with van der Waals surface area (Å²) in [6.45, 7) is 0. The van der Waals surface area contributed by atoms with Crippen LogP contribution in [0.3, 0.4) is 0 Å². The highest BCUT2D eigenvalue weighted by Gasteiger charge is 2.11. The SMILES string of the molecule is O=C(Nc1ccc(Cl)c(Br)c1)c1cc(Cl)ccc1Br. The zero-order valence-corrected chi connectivity index (χ0v) is 14.1. The van der Waals surface area contributed by atoms with Gasteiger partial charge in [0.05, 0.1) is 10.6 Å². The van der Waals surface area contributed by atoms with E-state index in [1.165, 1.54) is 0 Å². The Hall–Kier alpha value is -0.550. The minimum atomic E-state index is -0.247. The Morgan fingerprint density at radius 2 is 1.74 bits per heavy atom.